The summed E-state index contributed by atoms with van der Waals surface area (Å²) in [5.74, 6) is 0.639. The van der Waals surface area contributed by atoms with Crippen LogP contribution in [-0.4, -0.2) is 25.2 Å². The fourth-order valence-corrected chi connectivity index (χ4v) is 1.25. The van der Waals surface area contributed by atoms with Crippen molar-refractivity contribution in [3.63, 3.8) is 0 Å². The molecule has 0 aliphatic heterocycles. The maximum atomic E-state index is 4.27. The van der Waals surface area contributed by atoms with E-state index in [1.807, 2.05) is 19.1 Å². The van der Waals surface area contributed by atoms with E-state index in [4.69, 9.17) is 0 Å². The molecule has 0 radical (unpaired) electrons. The van der Waals surface area contributed by atoms with Gasteiger partial charge in [0.25, 0.3) is 0 Å². The van der Waals surface area contributed by atoms with E-state index >= 15 is 0 Å². The number of hydrogen-bond donors (Lipinski definition) is 1. The van der Waals surface area contributed by atoms with Crippen LogP contribution in [0.5, 0.6) is 0 Å². The predicted molar refractivity (Wildman–Crippen MR) is 55.1 cm³/mol. The molecule has 6 heteroatoms. The zero-order valence-corrected chi connectivity index (χ0v) is 8.68. The lowest BCUT2D eigenvalue weighted by molar-refractivity contribution is 0.711. The van der Waals surface area contributed by atoms with Crippen molar-refractivity contribution in [3.05, 3.63) is 29.6 Å². The number of hydrogen-bond acceptors (Lipinski definition) is 5. The number of aromatic nitrogens is 5. The van der Waals surface area contributed by atoms with Crippen molar-refractivity contribution < 1.29 is 0 Å². The first-order valence-corrected chi connectivity index (χ1v) is 4.64. The van der Waals surface area contributed by atoms with E-state index in [0.29, 0.717) is 12.5 Å². The molecule has 6 nitrogen and oxygen atoms in total. The van der Waals surface area contributed by atoms with Gasteiger partial charge in [-0.05, 0) is 29.0 Å². The van der Waals surface area contributed by atoms with Gasteiger partial charge in [-0.2, -0.15) is 0 Å². The quantitative estimate of drug-likeness (QED) is 0.789. The third-order valence-corrected chi connectivity index (χ3v) is 2.15. The van der Waals surface area contributed by atoms with Crippen molar-refractivity contribution in [1.82, 2.24) is 25.2 Å². The Bertz CT molecular complexity index is 449. The molecule has 2 heterocycles. The van der Waals surface area contributed by atoms with Crippen LogP contribution in [0.25, 0.3) is 0 Å². The van der Waals surface area contributed by atoms with Crippen molar-refractivity contribution in [3.8, 4) is 0 Å². The van der Waals surface area contributed by atoms with Crippen molar-refractivity contribution in [1.29, 1.82) is 0 Å². The van der Waals surface area contributed by atoms with E-state index in [9.17, 15) is 0 Å². The van der Waals surface area contributed by atoms with E-state index in [2.05, 4.69) is 25.8 Å². The molecule has 0 spiro atoms. The summed E-state index contributed by atoms with van der Waals surface area (Å²) in [6, 6.07) is 3.95. The van der Waals surface area contributed by atoms with Gasteiger partial charge in [0.05, 0.1) is 12.2 Å². The number of aryl methyl sites for hydroxylation is 2. The number of tetrazole rings is 1. The molecule has 1 N–H and O–H groups in total. The highest BCUT2D eigenvalue weighted by molar-refractivity contribution is 5.26. The Labute approximate surface area is 87.3 Å². The largest absolute Gasteiger partial charge is 0.347 e. The third kappa shape index (κ3) is 2.09. The van der Waals surface area contributed by atoms with E-state index in [1.165, 1.54) is 0 Å². The van der Waals surface area contributed by atoms with Crippen LogP contribution in [0.2, 0.25) is 0 Å². The standard InChI is InChI=1S/C9H12N6/c1-7-4-3-5-10-8(7)6-11-9-12-13-14-15(9)2/h3-5H,6H2,1-2H3,(H,11,12,14). The molecule has 0 unspecified atom stereocenters. The number of nitrogens with one attached hydrogen (secondary N) is 1. The van der Waals surface area contributed by atoms with Gasteiger partial charge in [-0.3, -0.25) is 4.98 Å². The summed E-state index contributed by atoms with van der Waals surface area (Å²) in [6.45, 7) is 2.65. The summed E-state index contributed by atoms with van der Waals surface area (Å²) in [4.78, 5) is 4.27. The third-order valence-electron chi connectivity index (χ3n) is 2.15. The first-order valence-electron chi connectivity index (χ1n) is 4.64. The lowest BCUT2D eigenvalue weighted by Crippen LogP contribution is -2.07. The number of rotatable bonds is 3. The molecule has 0 saturated carbocycles. The topological polar surface area (TPSA) is 68.5 Å². The number of anilines is 1. The molecule has 0 saturated heterocycles. The van der Waals surface area contributed by atoms with Gasteiger partial charge in [0.2, 0.25) is 5.95 Å². The minimum Gasteiger partial charge on any atom is -0.347 e. The Morgan fingerprint density at radius 1 is 1.47 bits per heavy atom. The molecule has 2 aromatic rings. The normalized spacial score (nSPS) is 10.3. The Morgan fingerprint density at radius 3 is 3.00 bits per heavy atom. The molecule has 2 rings (SSSR count). The van der Waals surface area contributed by atoms with Gasteiger partial charge in [-0.25, -0.2) is 4.68 Å². The average molecular weight is 204 g/mol. The first-order chi connectivity index (χ1) is 7.27. The zero-order valence-electron chi connectivity index (χ0n) is 8.68. The lowest BCUT2D eigenvalue weighted by Gasteiger charge is -2.05. The molecule has 78 valence electrons. The van der Waals surface area contributed by atoms with Crippen LogP contribution < -0.4 is 5.32 Å². The minimum absolute atomic E-state index is 0.626. The molecule has 0 fully saturated rings. The second kappa shape index (κ2) is 4.04. The lowest BCUT2D eigenvalue weighted by atomic mass is 10.2. The molecule has 0 amide bonds. The van der Waals surface area contributed by atoms with Crippen LogP contribution in [0.15, 0.2) is 18.3 Å². The van der Waals surface area contributed by atoms with Crippen LogP contribution in [-0.2, 0) is 13.6 Å². The minimum atomic E-state index is 0.626. The summed E-state index contributed by atoms with van der Waals surface area (Å²) >= 11 is 0. The van der Waals surface area contributed by atoms with Crippen molar-refractivity contribution in [2.45, 2.75) is 13.5 Å². The number of pyridine rings is 1. The Kier molecular flexibility index (Phi) is 2.57. The highest BCUT2D eigenvalue weighted by atomic mass is 15.6. The van der Waals surface area contributed by atoms with E-state index in [0.717, 1.165) is 11.3 Å². The molecular formula is C9H12N6. The van der Waals surface area contributed by atoms with Crippen molar-refractivity contribution >= 4 is 5.95 Å². The van der Waals surface area contributed by atoms with Crippen LogP contribution in [0, 0.1) is 6.92 Å². The van der Waals surface area contributed by atoms with Crippen LogP contribution >= 0.6 is 0 Å². The molecule has 0 aliphatic rings. The van der Waals surface area contributed by atoms with E-state index in [1.54, 1.807) is 17.9 Å². The van der Waals surface area contributed by atoms with Crippen LogP contribution in [0.4, 0.5) is 5.95 Å². The fraction of sp³-hybridized carbons (Fsp3) is 0.333. The number of nitrogens with zero attached hydrogens (tertiary/aromatic N) is 5. The van der Waals surface area contributed by atoms with Crippen molar-refractivity contribution in [2.24, 2.45) is 7.05 Å². The average Bonchev–Trinajstić information content (AvgIpc) is 2.63. The molecule has 2 aromatic heterocycles. The van der Waals surface area contributed by atoms with Gasteiger partial charge in [0.1, 0.15) is 0 Å². The molecule has 0 bridgehead atoms. The Morgan fingerprint density at radius 2 is 2.33 bits per heavy atom. The fourth-order valence-electron chi connectivity index (χ4n) is 1.25. The smallest absolute Gasteiger partial charge is 0.242 e. The summed E-state index contributed by atoms with van der Waals surface area (Å²) in [6.07, 6.45) is 1.78. The second-order valence-electron chi connectivity index (χ2n) is 3.25. The summed E-state index contributed by atoms with van der Waals surface area (Å²) in [5.41, 5.74) is 2.15. The van der Waals surface area contributed by atoms with Gasteiger partial charge >= 0.3 is 0 Å². The van der Waals surface area contributed by atoms with Gasteiger partial charge in [0, 0.05) is 13.2 Å². The molecule has 0 aromatic carbocycles. The summed E-state index contributed by atoms with van der Waals surface area (Å²) in [5, 5.41) is 14.2. The van der Waals surface area contributed by atoms with Crippen LogP contribution in [0.3, 0.4) is 0 Å². The van der Waals surface area contributed by atoms with E-state index < -0.39 is 0 Å². The summed E-state index contributed by atoms with van der Waals surface area (Å²) in [7, 11) is 1.79. The first kappa shape index (κ1) is 9.57. The van der Waals surface area contributed by atoms with Gasteiger partial charge in [-0.1, -0.05) is 11.2 Å². The van der Waals surface area contributed by atoms with Gasteiger partial charge in [-0.15, -0.1) is 0 Å². The van der Waals surface area contributed by atoms with Crippen LogP contribution in [0.1, 0.15) is 11.3 Å². The second-order valence-corrected chi connectivity index (χ2v) is 3.25. The predicted octanol–water partition coefficient (Wildman–Crippen LogP) is 0.526. The van der Waals surface area contributed by atoms with Crippen molar-refractivity contribution in [2.75, 3.05) is 5.32 Å². The SMILES string of the molecule is Cc1cccnc1CNc1nnnn1C. The zero-order chi connectivity index (χ0) is 10.7. The monoisotopic (exact) mass is 204 g/mol. The molecular weight excluding hydrogens is 192 g/mol. The van der Waals surface area contributed by atoms with Gasteiger partial charge < -0.3 is 5.32 Å². The molecule has 0 atom stereocenters. The molecule has 0 aliphatic carbocycles. The summed E-state index contributed by atoms with van der Waals surface area (Å²) < 4.78 is 1.58. The van der Waals surface area contributed by atoms with E-state index in [-0.39, 0.29) is 0 Å². The maximum Gasteiger partial charge on any atom is 0.242 e. The highest BCUT2D eigenvalue weighted by Gasteiger charge is 2.02. The Balaban J connectivity index is 2.06. The maximum absolute atomic E-state index is 4.27. The Hall–Kier alpha value is -1.98. The highest BCUT2D eigenvalue weighted by Crippen LogP contribution is 2.05. The van der Waals surface area contributed by atoms with Gasteiger partial charge in [0.15, 0.2) is 0 Å². The molecule has 15 heavy (non-hydrogen) atoms.